The molecule has 0 unspecified atom stereocenters. The van der Waals surface area contributed by atoms with Crippen molar-refractivity contribution in [2.45, 2.75) is 0 Å². The van der Waals surface area contributed by atoms with Crippen LogP contribution in [0.2, 0.25) is 10.0 Å². The Labute approximate surface area is 115 Å². The van der Waals surface area contributed by atoms with Gasteiger partial charge in [0.05, 0.1) is 16.6 Å². The summed E-state index contributed by atoms with van der Waals surface area (Å²) in [5.74, 6) is -0.275. The summed E-state index contributed by atoms with van der Waals surface area (Å²) >= 11 is 17.3. The molecule has 0 radical (unpaired) electrons. The van der Waals surface area contributed by atoms with Gasteiger partial charge in [-0.1, -0.05) is 53.5 Å². The largest absolute Gasteiger partial charge is 0.348 e. The van der Waals surface area contributed by atoms with Crippen LogP contribution in [0.1, 0.15) is 5.56 Å². The average molecular weight is 291 g/mol. The molecule has 1 rings (SSSR count). The van der Waals surface area contributed by atoms with E-state index in [1.54, 1.807) is 24.3 Å². The second-order valence-electron chi connectivity index (χ2n) is 3.21. The van der Waals surface area contributed by atoms with Crippen molar-refractivity contribution in [1.82, 2.24) is 5.32 Å². The van der Waals surface area contributed by atoms with Crippen LogP contribution in [0.4, 0.5) is 0 Å². The smallest absolute Gasteiger partial charge is 0.244 e. The minimum atomic E-state index is -0.275. The fraction of sp³-hybridized carbons (Fsp3) is 0.0833. The van der Waals surface area contributed by atoms with Gasteiger partial charge < -0.3 is 5.32 Å². The van der Waals surface area contributed by atoms with Gasteiger partial charge in [0.1, 0.15) is 0 Å². The number of hydrogen-bond acceptors (Lipinski definition) is 1. The third-order valence-electron chi connectivity index (χ3n) is 1.85. The minimum Gasteiger partial charge on any atom is -0.348 e. The topological polar surface area (TPSA) is 29.1 Å². The Morgan fingerprint density at radius 3 is 2.76 bits per heavy atom. The molecule has 0 atom stereocenters. The van der Waals surface area contributed by atoms with Crippen molar-refractivity contribution < 1.29 is 4.79 Å². The molecule has 1 N–H and O–H groups in total. The molecule has 1 aromatic rings. The molecular formula is C12H10Cl3NO. The highest BCUT2D eigenvalue weighted by atomic mass is 35.5. The SMILES string of the molecule is C=C(Cl)CNC(=O)/C=C/c1cccc(Cl)c1Cl. The summed E-state index contributed by atoms with van der Waals surface area (Å²) in [6, 6.07) is 5.20. The summed E-state index contributed by atoms with van der Waals surface area (Å²) in [6.07, 6.45) is 2.94. The first-order valence-corrected chi connectivity index (χ1v) is 5.87. The van der Waals surface area contributed by atoms with E-state index in [1.165, 1.54) is 6.08 Å². The molecule has 0 saturated heterocycles. The third-order valence-corrected chi connectivity index (χ3v) is 2.82. The zero-order valence-corrected chi connectivity index (χ0v) is 11.1. The first-order valence-electron chi connectivity index (χ1n) is 4.74. The molecule has 90 valence electrons. The molecule has 5 heteroatoms. The predicted molar refractivity (Wildman–Crippen MR) is 73.5 cm³/mol. The van der Waals surface area contributed by atoms with Crippen molar-refractivity contribution in [3.05, 3.63) is 51.5 Å². The van der Waals surface area contributed by atoms with Crippen LogP contribution in [-0.2, 0) is 4.79 Å². The van der Waals surface area contributed by atoms with Crippen LogP contribution in [0.5, 0.6) is 0 Å². The van der Waals surface area contributed by atoms with Crippen LogP contribution < -0.4 is 5.32 Å². The first-order chi connectivity index (χ1) is 8.00. The molecule has 0 aliphatic carbocycles. The molecule has 0 fully saturated rings. The van der Waals surface area contributed by atoms with E-state index in [0.717, 1.165) is 0 Å². The zero-order chi connectivity index (χ0) is 12.8. The van der Waals surface area contributed by atoms with Crippen LogP contribution in [0.25, 0.3) is 6.08 Å². The van der Waals surface area contributed by atoms with E-state index in [2.05, 4.69) is 11.9 Å². The molecular weight excluding hydrogens is 280 g/mol. The molecule has 1 aromatic carbocycles. The van der Waals surface area contributed by atoms with E-state index in [1.807, 2.05) is 0 Å². The van der Waals surface area contributed by atoms with Crippen LogP contribution >= 0.6 is 34.8 Å². The first kappa shape index (κ1) is 14.1. The lowest BCUT2D eigenvalue weighted by Crippen LogP contribution is -2.21. The van der Waals surface area contributed by atoms with Gasteiger partial charge in [-0.2, -0.15) is 0 Å². The summed E-state index contributed by atoms with van der Waals surface area (Å²) in [4.78, 5) is 11.3. The van der Waals surface area contributed by atoms with Crippen molar-refractivity contribution in [2.24, 2.45) is 0 Å². The molecule has 0 heterocycles. The fourth-order valence-corrected chi connectivity index (χ4v) is 1.49. The summed E-state index contributed by atoms with van der Waals surface area (Å²) in [5.41, 5.74) is 0.680. The Morgan fingerprint density at radius 2 is 2.12 bits per heavy atom. The second kappa shape index (κ2) is 6.70. The Kier molecular flexibility index (Phi) is 5.56. The van der Waals surface area contributed by atoms with E-state index in [0.29, 0.717) is 20.6 Å². The number of hydrogen-bond donors (Lipinski definition) is 1. The summed E-state index contributed by atoms with van der Waals surface area (Å²) in [7, 11) is 0. The van der Waals surface area contributed by atoms with Gasteiger partial charge in [0.15, 0.2) is 0 Å². The maximum atomic E-state index is 11.3. The molecule has 2 nitrogen and oxygen atoms in total. The van der Waals surface area contributed by atoms with Crippen molar-refractivity contribution in [3.63, 3.8) is 0 Å². The molecule has 0 aromatic heterocycles. The lowest BCUT2D eigenvalue weighted by Gasteiger charge is -2.01. The number of nitrogens with one attached hydrogen (secondary N) is 1. The van der Waals surface area contributed by atoms with Gasteiger partial charge in [-0.15, -0.1) is 0 Å². The number of benzene rings is 1. The van der Waals surface area contributed by atoms with E-state index in [9.17, 15) is 4.79 Å². The van der Waals surface area contributed by atoms with Gasteiger partial charge in [0, 0.05) is 11.1 Å². The highest BCUT2D eigenvalue weighted by Crippen LogP contribution is 2.26. The van der Waals surface area contributed by atoms with Crippen molar-refractivity contribution in [3.8, 4) is 0 Å². The molecule has 0 spiro atoms. The lowest BCUT2D eigenvalue weighted by atomic mass is 10.2. The average Bonchev–Trinajstić information content (AvgIpc) is 2.28. The fourth-order valence-electron chi connectivity index (χ4n) is 1.06. The highest BCUT2D eigenvalue weighted by Gasteiger charge is 2.01. The number of amides is 1. The van der Waals surface area contributed by atoms with Crippen LogP contribution in [-0.4, -0.2) is 12.5 Å². The lowest BCUT2D eigenvalue weighted by molar-refractivity contribution is -0.116. The van der Waals surface area contributed by atoms with Gasteiger partial charge in [0.2, 0.25) is 5.91 Å². The van der Waals surface area contributed by atoms with Gasteiger partial charge in [-0.05, 0) is 17.7 Å². The van der Waals surface area contributed by atoms with Gasteiger partial charge in [-0.25, -0.2) is 0 Å². The van der Waals surface area contributed by atoms with Crippen molar-refractivity contribution in [2.75, 3.05) is 6.54 Å². The van der Waals surface area contributed by atoms with E-state index < -0.39 is 0 Å². The van der Waals surface area contributed by atoms with E-state index in [-0.39, 0.29) is 12.5 Å². The quantitative estimate of drug-likeness (QED) is 0.838. The molecule has 17 heavy (non-hydrogen) atoms. The zero-order valence-electron chi connectivity index (χ0n) is 8.84. The molecule has 0 bridgehead atoms. The molecule has 1 amide bonds. The highest BCUT2D eigenvalue weighted by molar-refractivity contribution is 6.42. The van der Waals surface area contributed by atoms with Crippen LogP contribution in [0.3, 0.4) is 0 Å². The van der Waals surface area contributed by atoms with Crippen LogP contribution in [0.15, 0.2) is 35.9 Å². The second-order valence-corrected chi connectivity index (χ2v) is 4.53. The normalized spacial score (nSPS) is 10.5. The number of rotatable bonds is 4. The molecule has 0 aliphatic rings. The van der Waals surface area contributed by atoms with Gasteiger partial charge >= 0.3 is 0 Å². The Bertz CT molecular complexity index is 469. The number of carbonyl (C=O) groups excluding carboxylic acids is 1. The van der Waals surface area contributed by atoms with Crippen molar-refractivity contribution >= 4 is 46.8 Å². The van der Waals surface area contributed by atoms with Gasteiger partial charge in [0.25, 0.3) is 0 Å². The van der Waals surface area contributed by atoms with Gasteiger partial charge in [-0.3, -0.25) is 4.79 Å². The summed E-state index contributed by atoms with van der Waals surface area (Å²) in [5, 5.41) is 3.79. The number of carbonyl (C=O) groups is 1. The monoisotopic (exact) mass is 289 g/mol. The Hall–Kier alpha value is -0.960. The third kappa shape index (κ3) is 4.82. The van der Waals surface area contributed by atoms with E-state index in [4.69, 9.17) is 34.8 Å². The Balaban J connectivity index is 2.67. The standard InChI is InChI=1S/C12H10Cl3NO/c1-8(13)7-16-11(17)6-5-9-3-2-4-10(14)12(9)15/h2-6H,1,7H2,(H,16,17)/b6-5+. The molecule has 0 aliphatic heterocycles. The maximum absolute atomic E-state index is 11.3. The predicted octanol–water partition coefficient (Wildman–Crippen LogP) is 3.88. The van der Waals surface area contributed by atoms with Crippen molar-refractivity contribution in [1.29, 1.82) is 0 Å². The van der Waals surface area contributed by atoms with Crippen LogP contribution in [0, 0.1) is 0 Å². The number of halogens is 3. The summed E-state index contributed by atoms with van der Waals surface area (Å²) < 4.78 is 0. The van der Waals surface area contributed by atoms with E-state index >= 15 is 0 Å². The summed E-state index contributed by atoms with van der Waals surface area (Å²) in [6.45, 7) is 3.69. The maximum Gasteiger partial charge on any atom is 0.244 e. The molecule has 0 saturated carbocycles. The minimum absolute atomic E-state index is 0.230. The Morgan fingerprint density at radius 1 is 1.41 bits per heavy atom.